The molecule has 1 spiro atoms. The van der Waals surface area contributed by atoms with Crippen LogP contribution in [0.3, 0.4) is 0 Å². The highest BCUT2D eigenvalue weighted by Crippen LogP contribution is 2.36. The van der Waals surface area contributed by atoms with Crippen molar-refractivity contribution in [2.24, 2.45) is 11.1 Å². The molecule has 0 amide bonds. The van der Waals surface area contributed by atoms with Crippen LogP contribution in [0.25, 0.3) is 0 Å². The molecule has 2 aliphatic rings. The van der Waals surface area contributed by atoms with Gasteiger partial charge in [0.05, 0.1) is 32.1 Å². The first kappa shape index (κ1) is 18.1. The van der Waals surface area contributed by atoms with Gasteiger partial charge < -0.3 is 19.0 Å². The minimum atomic E-state index is -0.259. The third-order valence-electron chi connectivity index (χ3n) is 4.51. The summed E-state index contributed by atoms with van der Waals surface area (Å²) in [5.41, 5.74) is 1.73. The van der Waals surface area contributed by atoms with E-state index >= 15 is 0 Å². The highest BCUT2D eigenvalue weighted by atomic mass is 16.7. The fraction of sp³-hybridized carbons (Fsp3) is 0.650. The number of rotatable bonds is 8. The first-order valence-corrected chi connectivity index (χ1v) is 9.35. The van der Waals surface area contributed by atoms with Crippen molar-refractivity contribution in [2.75, 3.05) is 26.4 Å². The van der Waals surface area contributed by atoms with Crippen molar-refractivity contribution in [3.05, 3.63) is 23.8 Å². The van der Waals surface area contributed by atoms with Crippen molar-refractivity contribution in [2.45, 2.75) is 52.1 Å². The van der Waals surface area contributed by atoms with Gasteiger partial charge in [-0.3, -0.25) is 0 Å². The molecular weight excluding hydrogens is 318 g/mol. The predicted octanol–water partition coefficient (Wildman–Crippen LogP) is 4.18. The van der Waals surface area contributed by atoms with Crippen LogP contribution in [0.15, 0.2) is 23.4 Å². The molecule has 1 aromatic carbocycles. The van der Waals surface area contributed by atoms with Crippen molar-refractivity contribution >= 4 is 5.71 Å². The van der Waals surface area contributed by atoms with Gasteiger partial charge in [-0.15, -0.1) is 0 Å². The van der Waals surface area contributed by atoms with Crippen LogP contribution in [0, 0.1) is 5.92 Å². The minimum Gasteiger partial charge on any atom is -0.490 e. The summed E-state index contributed by atoms with van der Waals surface area (Å²) in [6.45, 7) is 9.17. The zero-order valence-corrected chi connectivity index (χ0v) is 15.5. The molecule has 1 unspecified atom stereocenters. The van der Waals surface area contributed by atoms with Crippen molar-refractivity contribution in [1.29, 1.82) is 0 Å². The van der Waals surface area contributed by atoms with Gasteiger partial charge in [0.2, 0.25) is 0 Å². The molecule has 0 saturated carbocycles. The number of oxime groups is 1. The number of hydrogen-bond acceptors (Lipinski definition) is 5. The second-order valence-electron chi connectivity index (χ2n) is 7.36. The Kier molecular flexibility index (Phi) is 5.84. The number of nitrogens with zero attached hydrogens (tertiary/aromatic N) is 1. The van der Waals surface area contributed by atoms with Crippen LogP contribution in [-0.4, -0.2) is 37.7 Å². The third-order valence-corrected chi connectivity index (χ3v) is 4.51. The Morgan fingerprint density at radius 2 is 2.12 bits per heavy atom. The Balaban J connectivity index is 1.74. The van der Waals surface area contributed by atoms with Gasteiger partial charge in [0.15, 0.2) is 17.1 Å². The average molecular weight is 347 g/mol. The molecule has 25 heavy (non-hydrogen) atoms. The summed E-state index contributed by atoms with van der Waals surface area (Å²) in [5, 5.41) is 4.32. The summed E-state index contributed by atoms with van der Waals surface area (Å²) in [7, 11) is 0. The van der Waals surface area contributed by atoms with Gasteiger partial charge >= 0.3 is 0 Å². The summed E-state index contributed by atoms with van der Waals surface area (Å²) in [6, 6.07) is 6.06. The van der Waals surface area contributed by atoms with Crippen molar-refractivity contribution in [3.63, 3.8) is 0 Å². The van der Waals surface area contributed by atoms with Crippen LogP contribution in [0.5, 0.6) is 11.5 Å². The van der Waals surface area contributed by atoms with Crippen molar-refractivity contribution in [1.82, 2.24) is 0 Å². The van der Waals surface area contributed by atoms with E-state index in [0.717, 1.165) is 55.1 Å². The van der Waals surface area contributed by atoms with Crippen LogP contribution in [0.2, 0.25) is 0 Å². The number of hydrogen-bond donors (Lipinski definition) is 0. The molecule has 1 fully saturated rings. The van der Waals surface area contributed by atoms with Gasteiger partial charge in [-0.25, -0.2) is 0 Å². The maximum absolute atomic E-state index is 6.00. The summed E-state index contributed by atoms with van der Waals surface area (Å²) in [4.78, 5) is 5.71. The minimum absolute atomic E-state index is 0.259. The zero-order chi connectivity index (χ0) is 17.7. The lowest BCUT2D eigenvalue weighted by atomic mass is 9.93. The lowest BCUT2D eigenvalue weighted by Gasteiger charge is -2.17. The van der Waals surface area contributed by atoms with E-state index in [1.807, 2.05) is 18.2 Å². The fourth-order valence-electron chi connectivity index (χ4n) is 2.98. The van der Waals surface area contributed by atoms with Crippen LogP contribution in [0.4, 0.5) is 0 Å². The van der Waals surface area contributed by atoms with Gasteiger partial charge in [-0.05, 0) is 30.5 Å². The molecule has 0 radical (unpaired) electrons. The molecular formula is C20H29NO4. The Morgan fingerprint density at radius 1 is 1.24 bits per heavy atom. The van der Waals surface area contributed by atoms with Crippen LogP contribution in [0.1, 0.15) is 52.0 Å². The SMILES string of the molecule is CCCCOc1ccc(C2=NOC3(CCOC3)C2)cc1OCC(C)C. The van der Waals surface area contributed by atoms with E-state index in [0.29, 0.717) is 25.7 Å². The molecule has 0 aliphatic carbocycles. The van der Waals surface area contributed by atoms with E-state index < -0.39 is 0 Å². The molecule has 1 atom stereocenters. The molecule has 3 rings (SSSR count). The monoisotopic (exact) mass is 347 g/mol. The predicted molar refractivity (Wildman–Crippen MR) is 97.6 cm³/mol. The summed E-state index contributed by atoms with van der Waals surface area (Å²) in [6.07, 6.45) is 3.83. The molecule has 1 saturated heterocycles. The molecule has 1 aromatic rings. The smallest absolute Gasteiger partial charge is 0.168 e. The normalized spacial score (nSPS) is 22.3. The molecule has 138 valence electrons. The second kappa shape index (κ2) is 8.09. The largest absolute Gasteiger partial charge is 0.490 e. The van der Waals surface area contributed by atoms with Gasteiger partial charge in [-0.1, -0.05) is 32.3 Å². The molecule has 0 bridgehead atoms. The third kappa shape index (κ3) is 4.46. The standard InChI is InChI=1S/C20H29NO4/c1-4-5-9-23-18-7-6-16(11-19(18)24-13-15(2)3)17-12-20(25-21-17)8-10-22-14-20/h6-7,11,15H,4-5,8-10,12-14H2,1-3H3. The van der Waals surface area contributed by atoms with Crippen molar-refractivity contribution < 1.29 is 19.0 Å². The lowest BCUT2D eigenvalue weighted by Crippen LogP contribution is -2.29. The van der Waals surface area contributed by atoms with E-state index in [9.17, 15) is 0 Å². The molecule has 0 aromatic heterocycles. The Labute approximate surface area is 150 Å². The lowest BCUT2D eigenvalue weighted by molar-refractivity contribution is -0.0237. The van der Waals surface area contributed by atoms with Crippen LogP contribution in [-0.2, 0) is 9.57 Å². The summed E-state index contributed by atoms with van der Waals surface area (Å²) in [5.74, 6) is 2.04. The molecule has 5 nitrogen and oxygen atoms in total. The van der Waals surface area contributed by atoms with Gasteiger partial charge in [-0.2, -0.15) is 0 Å². The van der Waals surface area contributed by atoms with Crippen molar-refractivity contribution in [3.8, 4) is 11.5 Å². The maximum atomic E-state index is 6.00. The Morgan fingerprint density at radius 3 is 2.84 bits per heavy atom. The van der Waals surface area contributed by atoms with E-state index in [1.165, 1.54) is 0 Å². The highest BCUT2D eigenvalue weighted by Gasteiger charge is 2.43. The molecule has 5 heteroatoms. The van der Waals surface area contributed by atoms with E-state index in [4.69, 9.17) is 19.0 Å². The topological polar surface area (TPSA) is 49.3 Å². The average Bonchev–Trinajstić information content (AvgIpc) is 3.24. The number of ether oxygens (including phenoxy) is 3. The first-order chi connectivity index (χ1) is 12.1. The van der Waals surface area contributed by atoms with Gasteiger partial charge in [0.25, 0.3) is 0 Å². The van der Waals surface area contributed by atoms with Gasteiger partial charge in [0.1, 0.15) is 0 Å². The summed E-state index contributed by atoms with van der Waals surface area (Å²) >= 11 is 0. The maximum Gasteiger partial charge on any atom is 0.168 e. The summed E-state index contributed by atoms with van der Waals surface area (Å²) < 4.78 is 17.4. The Hall–Kier alpha value is -1.75. The molecule has 2 heterocycles. The number of benzene rings is 1. The number of unbranched alkanes of at least 4 members (excludes halogenated alkanes) is 1. The van der Waals surface area contributed by atoms with E-state index in [-0.39, 0.29) is 5.60 Å². The van der Waals surface area contributed by atoms with Gasteiger partial charge in [0, 0.05) is 18.4 Å². The quantitative estimate of drug-likeness (QED) is 0.662. The Bertz CT molecular complexity index is 606. The zero-order valence-electron chi connectivity index (χ0n) is 15.5. The molecule has 2 aliphatic heterocycles. The highest BCUT2D eigenvalue weighted by molar-refractivity contribution is 6.02. The second-order valence-corrected chi connectivity index (χ2v) is 7.36. The first-order valence-electron chi connectivity index (χ1n) is 9.35. The fourth-order valence-corrected chi connectivity index (χ4v) is 2.98. The van der Waals surface area contributed by atoms with Crippen LogP contribution >= 0.6 is 0 Å². The molecule has 0 N–H and O–H groups in total. The van der Waals surface area contributed by atoms with Crippen LogP contribution < -0.4 is 9.47 Å². The van der Waals surface area contributed by atoms with E-state index in [2.05, 4.69) is 25.9 Å². The van der Waals surface area contributed by atoms with E-state index in [1.54, 1.807) is 0 Å².